The van der Waals surface area contributed by atoms with Crippen molar-refractivity contribution in [2.75, 3.05) is 0 Å². The van der Waals surface area contributed by atoms with E-state index < -0.39 is 0 Å². The first kappa shape index (κ1) is 11.9. The van der Waals surface area contributed by atoms with E-state index in [-0.39, 0.29) is 23.5 Å². The maximum Gasteiger partial charge on any atom is 0.254 e. The Kier molecular flexibility index (Phi) is 2.77. The number of aromatic nitrogens is 2. The van der Waals surface area contributed by atoms with Crippen LogP contribution in [0.25, 0.3) is 0 Å². The summed E-state index contributed by atoms with van der Waals surface area (Å²) in [6.45, 7) is 5.99. The molecule has 0 saturated carbocycles. The van der Waals surface area contributed by atoms with Gasteiger partial charge in [-0.2, -0.15) is 0 Å². The van der Waals surface area contributed by atoms with Crippen LogP contribution in [-0.2, 0) is 4.74 Å². The van der Waals surface area contributed by atoms with Gasteiger partial charge < -0.3 is 9.72 Å². The molecule has 3 unspecified atom stereocenters. The van der Waals surface area contributed by atoms with Gasteiger partial charge in [-0.3, -0.25) is 4.79 Å². The van der Waals surface area contributed by atoms with Gasteiger partial charge in [-0.05, 0) is 32.1 Å². The molecule has 18 heavy (non-hydrogen) atoms. The van der Waals surface area contributed by atoms with Crippen LogP contribution in [-0.4, -0.2) is 22.2 Å². The highest BCUT2D eigenvalue weighted by atomic mass is 16.5. The van der Waals surface area contributed by atoms with Crippen LogP contribution in [0, 0.1) is 6.92 Å². The molecule has 2 aliphatic rings. The van der Waals surface area contributed by atoms with E-state index in [9.17, 15) is 4.79 Å². The van der Waals surface area contributed by atoms with Gasteiger partial charge in [0.05, 0.1) is 12.2 Å². The maximum atomic E-state index is 12.1. The number of rotatable bonds is 2. The summed E-state index contributed by atoms with van der Waals surface area (Å²) >= 11 is 0. The molecular formula is C14H20N2O2. The van der Waals surface area contributed by atoms with E-state index in [0.717, 1.165) is 36.3 Å². The van der Waals surface area contributed by atoms with Gasteiger partial charge in [0.15, 0.2) is 0 Å². The molecule has 2 saturated heterocycles. The lowest BCUT2D eigenvalue weighted by molar-refractivity contribution is 0.0998. The minimum atomic E-state index is 0.0234. The summed E-state index contributed by atoms with van der Waals surface area (Å²) in [4.78, 5) is 19.7. The first-order valence-electron chi connectivity index (χ1n) is 6.82. The van der Waals surface area contributed by atoms with Crippen LogP contribution in [0.2, 0.25) is 0 Å². The maximum absolute atomic E-state index is 12.1. The number of ether oxygens (including phenoxy) is 1. The van der Waals surface area contributed by atoms with Gasteiger partial charge in [-0.25, -0.2) is 4.98 Å². The first-order valence-corrected chi connectivity index (χ1v) is 6.82. The van der Waals surface area contributed by atoms with Gasteiger partial charge in [-0.15, -0.1) is 0 Å². The summed E-state index contributed by atoms with van der Waals surface area (Å²) < 4.78 is 5.83. The monoisotopic (exact) mass is 248 g/mol. The second kappa shape index (κ2) is 4.19. The summed E-state index contributed by atoms with van der Waals surface area (Å²) in [7, 11) is 0. The lowest BCUT2D eigenvalue weighted by atomic mass is 9.88. The van der Waals surface area contributed by atoms with Crippen molar-refractivity contribution in [3.05, 3.63) is 27.4 Å². The highest BCUT2D eigenvalue weighted by Crippen LogP contribution is 2.43. The minimum Gasteiger partial charge on any atom is -0.374 e. The fourth-order valence-corrected chi connectivity index (χ4v) is 3.40. The predicted octanol–water partition coefficient (Wildman–Crippen LogP) is 2.24. The predicted molar refractivity (Wildman–Crippen MR) is 68.9 cm³/mol. The number of aryl methyl sites for hydroxylation is 1. The molecule has 0 aromatic carbocycles. The molecule has 1 aromatic rings. The Morgan fingerprint density at radius 1 is 1.39 bits per heavy atom. The van der Waals surface area contributed by atoms with Crippen LogP contribution < -0.4 is 5.56 Å². The fraction of sp³-hybridized carbons (Fsp3) is 0.714. The average molecular weight is 248 g/mol. The summed E-state index contributed by atoms with van der Waals surface area (Å²) in [5.74, 6) is 1.33. The fourth-order valence-electron chi connectivity index (χ4n) is 3.40. The Bertz CT molecular complexity index is 521. The minimum absolute atomic E-state index is 0.0234. The summed E-state index contributed by atoms with van der Waals surface area (Å²) in [5.41, 5.74) is 1.70. The van der Waals surface area contributed by atoms with Crippen molar-refractivity contribution >= 4 is 0 Å². The van der Waals surface area contributed by atoms with Gasteiger partial charge in [0, 0.05) is 17.2 Å². The number of hydrogen-bond acceptors (Lipinski definition) is 3. The third-order valence-electron chi connectivity index (χ3n) is 4.20. The third-order valence-corrected chi connectivity index (χ3v) is 4.20. The quantitative estimate of drug-likeness (QED) is 0.873. The zero-order chi connectivity index (χ0) is 12.9. The number of nitrogens with zero attached hydrogens (tertiary/aromatic N) is 1. The molecule has 2 aliphatic heterocycles. The van der Waals surface area contributed by atoms with Gasteiger partial charge in [0.1, 0.15) is 5.82 Å². The van der Waals surface area contributed by atoms with Crippen LogP contribution in [0.1, 0.15) is 62.0 Å². The number of fused-ring (bicyclic) bond motifs is 2. The van der Waals surface area contributed by atoms with E-state index in [4.69, 9.17) is 4.74 Å². The van der Waals surface area contributed by atoms with Crippen molar-refractivity contribution in [1.82, 2.24) is 9.97 Å². The number of H-pyrrole nitrogens is 1. The second-order valence-electron chi connectivity index (χ2n) is 5.82. The molecule has 0 spiro atoms. The van der Waals surface area contributed by atoms with Gasteiger partial charge in [0.25, 0.3) is 5.56 Å². The zero-order valence-electron chi connectivity index (χ0n) is 11.2. The number of hydrogen-bond donors (Lipinski definition) is 1. The van der Waals surface area contributed by atoms with E-state index in [1.165, 1.54) is 0 Å². The number of nitrogens with one attached hydrogen (secondary N) is 1. The molecule has 3 rings (SSSR count). The smallest absolute Gasteiger partial charge is 0.254 e. The van der Waals surface area contributed by atoms with Crippen molar-refractivity contribution in [3.8, 4) is 0 Å². The van der Waals surface area contributed by atoms with Crippen molar-refractivity contribution in [2.24, 2.45) is 0 Å². The van der Waals surface area contributed by atoms with Crippen LogP contribution in [0.15, 0.2) is 4.79 Å². The van der Waals surface area contributed by atoms with E-state index in [1.807, 2.05) is 20.8 Å². The van der Waals surface area contributed by atoms with Gasteiger partial charge >= 0.3 is 0 Å². The van der Waals surface area contributed by atoms with Crippen LogP contribution >= 0.6 is 0 Å². The average Bonchev–Trinajstić information content (AvgIpc) is 2.88. The highest BCUT2D eigenvalue weighted by molar-refractivity contribution is 5.22. The molecule has 1 aromatic heterocycles. The summed E-state index contributed by atoms with van der Waals surface area (Å²) in [6, 6.07) is 0. The van der Waals surface area contributed by atoms with Crippen LogP contribution in [0.5, 0.6) is 0 Å². The van der Waals surface area contributed by atoms with Crippen LogP contribution in [0.3, 0.4) is 0 Å². The first-order chi connectivity index (χ1) is 8.56. The van der Waals surface area contributed by atoms with Crippen molar-refractivity contribution < 1.29 is 4.74 Å². The molecule has 0 amide bonds. The Balaban J connectivity index is 1.97. The van der Waals surface area contributed by atoms with Crippen LogP contribution in [0.4, 0.5) is 0 Å². The van der Waals surface area contributed by atoms with Crippen molar-refractivity contribution in [2.45, 2.75) is 64.1 Å². The lowest BCUT2D eigenvalue weighted by Crippen LogP contribution is -2.25. The molecule has 0 aliphatic carbocycles. The standard InChI is InChI=1S/C14H20N2O2/c1-7(2)12-8(3)15-13(16-14(12)17)10-6-9-4-5-11(10)18-9/h7,9-11H,4-6H2,1-3H3,(H,15,16,17). The molecule has 3 heterocycles. The molecule has 1 N–H and O–H groups in total. The van der Waals surface area contributed by atoms with E-state index in [0.29, 0.717) is 6.10 Å². The van der Waals surface area contributed by atoms with Gasteiger partial charge in [0.2, 0.25) is 0 Å². The molecule has 2 bridgehead atoms. The Morgan fingerprint density at radius 3 is 2.67 bits per heavy atom. The lowest BCUT2D eigenvalue weighted by Gasteiger charge is -2.19. The Labute approximate surface area is 107 Å². The molecule has 98 valence electrons. The number of aromatic amines is 1. The van der Waals surface area contributed by atoms with E-state index >= 15 is 0 Å². The molecular weight excluding hydrogens is 228 g/mol. The highest BCUT2D eigenvalue weighted by Gasteiger charge is 2.42. The summed E-state index contributed by atoms with van der Waals surface area (Å²) in [5, 5.41) is 0. The van der Waals surface area contributed by atoms with Crippen molar-refractivity contribution in [1.29, 1.82) is 0 Å². The Morgan fingerprint density at radius 2 is 2.17 bits per heavy atom. The topological polar surface area (TPSA) is 55.0 Å². The van der Waals surface area contributed by atoms with Gasteiger partial charge in [-0.1, -0.05) is 13.8 Å². The SMILES string of the molecule is Cc1nc(C2CC3CCC2O3)[nH]c(=O)c1C(C)C. The summed E-state index contributed by atoms with van der Waals surface area (Å²) in [6.07, 6.45) is 3.92. The molecule has 2 fully saturated rings. The largest absolute Gasteiger partial charge is 0.374 e. The normalized spacial score (nSPS) is 30.3. The molecule has 4 nitrogen and oxygen atoms in total. The van der Waals surface area contributed by atoms with E-state index in [1.54, 1.807) is 0 Å². The third kappa shape index (κ3) is 1.79. The zero-order valence-corrected chi connectivity index (χ0v) is 11.2. The molecule has 4 heteroatoms. The molecule has 3 atom stereocenters. The second-order valence-corrected chi connectivity index (χ2v) is 5.82. The Hall–Kier alpha value is -1.16. The molecule has 0 radical (unpaired) electrons. The van der Waals surface area contributed by atoms with E-state index in [2.05, 4.69) is 9.97 Å². The van der Waals surface area contributed by atoms with Crippen molar-refractivity contribution in [3.63, 3.8) is 0 Å².